The fourth-order valence-electron chi connectivity index (χ4n) is 1.46. The van der Waals surface area contributed by atoms with E-state index >= 15 is 0 Å². The van der Waals surface area contributed by atoms with Crippen molar-refractivity contribution in [1.29, 1.82) is 5.26 Å². The summed E-state index contributed by atoms with van der Waals surface area (Å²) in [5.74, 6) is 0.662. The van der Waals surface area contributed by atoms with Crippen LogP contribution in [-0.4, -0.2) is 35.8 Å². The minimum absolute atomic E-state index is 0.412. The third kappa shape index (κ3) is 2.17. The number of hydrogen-bond acceptors (Lipinski definition) is 5. The third-order valence-electron chi connectivity index (χ3n) is 2.16. The van der Waals surface area contributed by atoms with Crippen LogP contribution in [0.15, 0.2) is 12.5 Å². The van der Waals surface area contributed by atoms with Crippen LogP contribution in [0, 0.1) is 11.3 Å². The van der Waals surface area contributed by atoms with Crippen molar-refractivity contribution in [3.05, 3.63) is 17.5 Å². The molecule has 0 aliphatic carbocycles. The molecule has 1 fully saturated rings. The minimum Gasteiger partial charge on any atom is -0.360 e. The molecule has 78 valence electrons. The monoisotopic (exact) mass is 224 g/mol. The second-order valence-electron chi connectivity index (χ2n) is 3.13. The molecule has 1 atom stereocenters. The second-order valence-corrected chi connectivity index (χ2v) is 3.54. The summed E-state index contributed by atoms with van der Waals surface area (Å²) in [5, 5.41) is 9.25. The summed E-state index contributed by atoms with van der Waals surface area (Å²) < 4.78 is 5.23. The number of rotatable bonds is 1. The van der Waals surface area contributed by atoms with Crippen LogP contribution in [0.5, 0.6) is 0 Å². The summed E-state index contributed by atoms with van der Waals surface area (Å²) in [5.41, 5.74) is 0. The zero-order valence-corrected chi connectivity index (χ0v) is 8.68. The SMILES string of the molecule is N#CC1CN(c2ncncc2Cl)CCO1. The van der Waals surface area contributed by atoms with E-state index in [1.165, 1.54) is 6.33 Å². The molecular weight excluding hydrogens is 216 g/mol. The van der Waals surface area contributed by atoms with Gasteiger partial charge in [0.15, 0.2) is 11.9 Å². The van der Waals surface area contributed by atoms with E-state index < -0.39 is 6.10 Å². The Kier molecular flexibility index (Phi) is 2.99. The van der Waals surface area contributed by atoms with Crippen LogP contribution < -0.4 is 4.90 Å². The molecule has 5 nitrogen and oxygen atoms in total. The van der Waals surface area contributed by atoms with Crippen LogP contribution in [0.1, 0.15) is 0 Å². The standard InChI is InChI=1S/C9H9ClN4O/c10-8-4-12-6-13-9(8)14-1-2-15-7(3-11)5-14/h4,6-7H,1-2,5H2. The quantitative estimate of drug-likeness (QED) is 0.708. The average molecular weight is 225 g/mol. The summed E-state index contributed by atoms with van der Waals surface area (Å²) in [6, 6.07) is 2.07. The summed E-state index contributed by atoms with van der Waals surface area (Å²) in [6.07, 6.45) is 2.57. The van der Waals surface area contributed by atoms with Gasteiger partial charge in [0.2, 0.25) is 0 Å². The second kappa shape index (κ2) is 4.43. The van der Waals surface area contributed by atoms with E-state index in [-0.39, 0.29) is 0 Å². The fraction of sp³-hybridized carbons (Fsp3) is 0.444. The highest BCUT2D eigenvalue weighted by atomic mass is 35.5. The summed E-state index contributed by atoms with van der Waals surface area (Å²) in [6.45, 7) is 1.70. The molecule has 0 bridgehead atoms. The Bertz CT molecular complexity index is 392. The Morgan fingerprint density at radius 2 is 2.53 bits per heavy atom. The van der Waals surface area contributed by atoms with Gasteiger partial charge in [-0.2, -0.15) is 5.26 Å². The molecule has 0 spiro atoms. The number of ether oxygens (including phenoxy) is 1. The first-order valence-corrected chi connectivity index (χ1v) is 4.90. The van der Waals surface area contributed by atoms with E-state index in [9.17, 15) is 0 Å². The molecule has 2 heterocycles. The van der Waals surface area contributed by atoms with Gasteiger partial charge in [0.25, 0.3) is 0 Å². The van der Waals surface area contributed by atoms with Crippen molar-refractivity contribution in [1.82, 2.24) is 9.97 Å². The molecule has 1 aliphatic rings. The Morgan fingerprint density at radius 1 is 1.67 bits per heavy atom. The lowest BCUT2D eigenvalue weighted by molar-refractivity contribution is 0.0761. The van der Waals surface area contributed by atoms with E-state index in [0.29, 0.717) is 30.5 Å². The van der Waals surface area contributed by atoms with Gasteiger partial charge in [0.1, 0.15) is 11.3 Å². The highest BCUT2D eigenvalue weighted by Gasteiger charge is 2.22. The lowest BCUT2D eigenvalue weighted by atomic mass is 10.3. The van der Waals surface area contributed by atoms with Gasteiger partial charge in [-0.1, -0.05) is 11.6 Å². The van der Waals surface area contributed by atoms with Gasteiger partial charge in [-0.3, -0.25) is 0 Å². The Balaban J connectivity index is 2.18. The highest BCUT2D eigenvalue weighted by molar-refractivity contribution is 6.32. The number of halogens is 1. The van der Waals surface area contributed by atoms with Crippen molar-refractivity contribution < 1.29 is 4.74 Å². The maximum absolute atomic E-state index is 8.76. The highest BCUT2D eigenvalue weighted by Crippen LogP contribution is 2.22. The maximum atomic E-state index is 8.76. The zero-order chi connectivity index (χ0) is 10.7. The molecule has 6 heteroatoms. The van der Waals surface area contributed by atoms with E-state index in [1.807, 2.05) is 4.90 Å². The molecule has 15 heavy (non-hydrogen) atoms. The molecule has 0 aromatic carbocycles. The van der Waals surface area contributed by atoms with Crippen molar-refractivity contribution in [3.63, 3.8) is 0 Å². The Labute approximate surface area is 92.3 Å². The van der Waals surface area contributed by atoms with Crippen LogP contribution in [0.2, 0.25) is 5.02 Å². The number of aromatic nitrogens is 2. The molecule has 1 aromatic heterocycles. The van der Waals surface area contributed by atoms with Crippen molar-refractivity contribution in [2.45, 2.75) is 6.10 Å². The molecule has 1 unspecified atom stereocenters. The predicted octanol–water partition coefficient (Wildman–Crippen LogP) is 0.859. The Morgan fingerprint density at radius 3 is 3.27 bits per heavy atom. The van der Waals surface area contributed by atoms with Gasteiger partial charge in [0.05, 0.1) is 25.4 Å². The largest absolute Gasteiger partial charge is 0.360 e. The maximum Gasteiger partial charge on any atom is 0.161 e. The molecular formula is C9H9ClN4O. The van der Waals surface area contributed by atoms with Crippen LogP contribution in [0.25, 0.3) is 0 Å². The first-order chi connectivity index (χ1) is 7.31. The van der Waals surface area contributed by atoms with Crippen LogP contribution >= 0.6 is 11.6 Å². The lowest BCUT2D eigenvalue weighted by Crippen LogP contribution is -2.42. The summed E-state index contributed by atoms with van der Waals surface area (Å²) in [4.78, 5) is 9.83. The molecule has 0 N–H and O–H groups in total. The van der Waals surface area contributed by atoms with E-state index in [0.717, 1.165) is 0 Å². The first-order valence-electron chi connectivity index (χ1n) is 4.53. The van der Waals surface area contributed by atoms with Gasteiger partial charge < -0.3 is 9.64 Å². The Hall–Kier alpha value is -1.38. The molecule has 1 aliphatic heterocycles. The molecule has 2 rings (SSSR count). The van der Waals surface area contributed by atoms with Crippen molar-refractivity contribution >= 4 is 17.4 Å². The van der Waals surface area contributed by atoms with Crippen molar-refractivity contribution in [2.24, 2.45) is 0 Å². The number of morpholine rings is 1. The smallest absolute Gasteiger partial charge is 0.161 e. The lowest BCUT2D eigenvalue weighted by Gasteiger charge is -2.30. The van der Waals surface area contributed by atoms with Gasteiger partial charge >= 0.3 is 0 Å². The zero-order valence-electron chi connectivity index (χ0n) is 7.93. The van der Waals surface area contributed by atoms with Gasteiger partial charge in [-0.15, -0.1) is 0 Å². The number of hydrogen-bond donors (Lipinski definition) is 0. The molecule has 0 amide bonds. The average Bonchev–Trinajstić information content (AvgIpc) is 2.30. The predicted molar refractivity (Wildman–Crippen MR) is 54.6 cm³/mol. The van der Waals surface area contributed by atoms with Gasteiger partial charge in [0, 0.05) is 6.54 Å². The molecule has 1 aromatic rings. The van der Waals surface area contributed by atoms with E-state index in [1.54, 1.807) is 6.20 Å². The number of anilines is 1. The normalized spacial score (nSPS) is 21.1. The fourth-order valence-corrected chi connectivity index (χ4v) is 1.68. The number of nitrogens with zero attached hydrogens (tertiary/aromatic N) is 4. The summed E-state index contributed by atoms with van der Waals surface area (Å²) >= 11 is 5.96. The van der Waals surface area contributed by atoms with Crippen LogP contribution in [0.3, 0.4) is 0 Å². The van der Waals surface area contributed by atoms with Crippen molar-refractivity contribution in [3.8, 4) is 6.07 Å². The van der Waals surface area contributed by atoms with Gasteiger partial charge in [-0.25, -0.2) is 9.97 Å². The van der Waals surface area contributed by atoms with Crippen LogP contribution in [-0.2, 0) is 4.74 Å². The number of nitriles is 1. The molecule has 1 saturated heterocycles. The van der Waals surface area contributed by atoms with E-state index in [2.05, 4.69) is 16.0 Å². The topological polar surface area (TPSA) is 62.0 Å². The van der Waals surface area contributed by atoms with E-state index in [4.69, 9.17) is 21.6 Å². The minimum atomic E-state index is -0.412. The molecule has 0 saturated carbocycles. The van der Waals surface area contributed by atoms with Crippen LogP contribution in [0.4, 0.5) is 5.82 Å². The third-order valence-corrected chi connectivity index (χ3v) is 2.42. The summed E-state index contributed by atoms with van der Waals surface area (Å²) in [7, 11) is 0. The first kappa shape index (κ1) is 10.1. The van der Waals surface area contributed by atoms with Crippen molar-refractivity contribution in [2.75, 3.05) is 24.6 Å². The van der Waals surface area contributed by atoms with Gasteiger partial charge in [-0.05, 0) is 0 Å². The molecule has 0 radical (unpaired) electrons.